The summed E-state index contributed by atoms with van der Waals surface area (Å²) in [6, 6.07) is 9.59. The molecule has 1 aliphatic heterocycles. The third-order valence-electron chi connectivity index (χ3n) is 6.22. The van der Waals surface area contributed by atoms with Crippen molar-refractivity contribution in [3.8, 4) is 22.6 Å². The van der Waals surface area contributed by atoms with Crippen LogP contribution in [0.25, 0.3) is 22.0 Å². The van der Waals surface area contributed by atoms with Gasteiger partial charge in [-0.2, -0.15) is 0 Å². The molecular formula is C27H27F2N4O3Si. The van der Waals surface area contributed by atoms with Crippen molar-refractivity contribution in [1.82, 2.24) is 14.5 Å². The molecule has 1 aliphatic rings. The van der Waals surface area contributed by atoms with Gasteiger partial charge in [-0.25, -0.2) is 19.1 Å². The number of nitrogens with zero attached hydrogens (tertiary/aromatic N) is 4. The Morgan fingerprint density at radius 3 is 2.62 bits per heavy atom. The highest BCUT2D eigenvalue weighted by atomic mass is 28.3. The molecule has 10 heteroatoms. The molecule has 0 saturated carbocycles. The van der Waals surface area contributed by atoms with Crippen LogP contribution in [0.15, 0.2) is 58.6 Å². The third kappa shape index (κ3) is 4.94. The molecule has 2 aromatic heterocycles. The molecule has 7 nitrogen and oxygen atoms in total. The molecule has 4 aromatic rings. The predicted molar refractivity (Wildman–Crippen MR) is 143 cm³/mol. The monoisotopic (exact) mass is 521 g/mol. The van der Waals surface area contributed by atoms with Gasteiger partial charge in [0.25, 0.3) is 5.56 Å². The van der Waals surface area contributed by atoms with Gasteiger partial charge in [0.1, 0.15) is 30.1 Å². The van der Waals surface area contributed by atoms with Crippen molar-refractivity contribution >= 4 is 36.7 Å². The van der Waals surface area contributed by atoms with E-state index >= 15 is 0 Å². The first-order chi connectivity index (χ1) is 17.6. The van der Waals surface area contributed by atoms with E-state index in [0.717, 1.165) is 18.2 Å². The molecule has 37 heavy (non-hydrogen) atoms. The van der Waals surface area contributed by atoms with E-state index in [-0.39, 0.29) is 23.8 Å². The van der Waals surface area contributed by atoms with Crippen LogP contribution in [0.3, 0.4) is 0 Å². The molecule has 0 fully saturated rings. The van der Waals surface area contributed by atoms with Crippen LogP contribution in [0.4, 0.5) is 20.2 Å². The zero-order valence-corrected chi connectivity index (χ0v) is 22.1. The maximum absolute atomic E-state index is 14.5. The predicted octanol–water partition coefficient (Wildman–Crippen LogP) is 6.30. The number of ether oxygens (including phenoxy) is 2. The van der Waals surface area contributed by atoms with E-state index in [9.17, 15) is 13.6 Å². The summed E-state index contributed by atoms with van der Waals surface area (Å²) in [4.78, 5) is 17.5. The molecule has 0 atom stereocenters. The van der Waals surface area contributed by atoms with Gasteiger partial charge in [-0.3, -0.25) is 4.79 Å². The highest BCUT2D eigenvalue weighted by Gasteiger charge is 2.24. The quantitative estimate of drug-likeness (QED) is 0.202. The van der Waals surface area contributed by atoms with Crippen molar-refractivity contribution in [3.05, 3.63) is 70.8 Å². The Morgan fingerprint density at radius 1 is 1.05 bits per heavy atom. The largest absolute Gasteiger partial charge is 0.451 e. The molecule has 5 rings (SSSR count). The molecule has 0 saturated heterocycles. The number of hydrogen-bond acceptors (Lipinski definition) is 4. The minimum atomic E-state index is -1.24. The van der Waals surface area contributed by atoms with Crippen molar-refractivity contribution in [2.75, 3.05) is 6.61 Å². The van der Waals surface area contributed by atoms with Gasteiger partial charge in [-0.15, -0.1) is 0 Å². The minimum Gasteiger partial charge on any atom is -0.451 e. The number of aryl methyl sites for hydroxylation is 1. The lowest BCUT2D eigenvalue weighted by molar-refractivity contribution is 0.0901. The highest BCUT2D eigenvalue weighted by Crippen LogP contribution is 2.48. The van der Waals surface area contributed by atoms with Crippen molar-refractivity contribution in [2.45, 2.75) is 32.4 Å². The number of fused-ring (bicyclic) bond motifs is 2. The molecule has 1 radical (unpaired) electrons. The Bertz CT molecular complexity index is 1590. The lowest BCUT2D eigenvalue weighted by atomic mass is 10.0. The summed E-state index contributed by atoms with van der Waals surface area (Å²) < 4.78 is 43.2. The first-order valence-electron chi connectivity index (χ1n) is 11.9. The van der Waals surface area contributed by atoms with Gasteiger partial charge < -0.3 is 18.6 Å². The Hall–Kier alpha value is -3.76. The van der Waals surface area contributed by atoms with Crippen molar-refractivity contribution < 1.29 is 18.3 Å². The standard InChI is InChI=1S/C27H27F2N4O3Si/c1-32-14-20(18-9-10-33(25(18)27(32)34)16-35-11-12-37(2,3)4)19-6-7-22-24(31-15-30-22)26(19)36-23-8-5-17(28)13-21(23)29/h5-10,13-15H,11-12,16H2,1-4H3. The minimum absolute atomic E-state index is 0.146. The van der Waals surface area contributed by atoms with E-state index in [4.69, 9.17) is 9.47 Å². The zero-order valence-electron chi connectivity index (χ0n) is 21.1. The van der Waals surface area contributed by atoms with Gasteiger partial charge in [-0.05, 0) is 36.4 Å². The number of pyridine rings is 1. The van der Waals surface area contributed by atoms with E-state index in [0.29, 0.717) is 40.0 Å². The molecule has 0 aliphatic carbocycles. The fraction of sp³-hybridized carbons (Fsp3) is 0.259. The maximum Gasteiger partial charge on any atom is 0.274 e. The van der Waals surface area contributed by atoms with Crippen molar-refractivity contribution in [2.24, 2.45) is 12.0 Å². The normalized spacial score (nSPS) is 12.7. The second-order valence-electron chi connectivity index (χ2n) is 10.2. The Labute approximate surface area is 214 Å². The summed E-state index contributed by atoms with van der Waals surface area (Å²) in [6.45, 7) is 7.74. The van der Waals surface area contributed by atoms with Gasteiger partial charge in [-0.1, -0.05) is 19.6 Å². The smallest absolute Gasteiger partial charge is 0.274 e. The zero-order chi connectivity index (χ0) is 26.3. The van der Waals surface area contributed by atoms with Crippen molar-refractivity contribution in [3.63, 3.8) is 0 Å². The van der Waals surface area contributed by atoms with Crippen LogP contribution in [0.5, 0.6) is 11.5 Å². The highest BCUT2D eigenvalue weighted by molar-refractivity contribution is 6.76. The van der Waals surface area contributed by atoms with Crippen LogP contribution in [-0.2, 0) is 18.5 Å². The van der Waals surface area contributed by atoms with E-state index in [2.05, 4.69) is 30.0 Å². The Balaban J connectivity index is 1.60. The van der Waals surface area contributed by atoms with E-state index in [1.165, 1.54) is 17.0 Å². The maximum atomic E-state index is 14.5. The summed E-state index contributed by atoms with van der Waals surface area (Å²) >= 11 is 0. The second kappa shape index (κ2) is 9.60. The number of benzene rings is 2. The molecular weight excluding hydrogens is 494 g/mol. The lowest BCUT2D eigenvalue weighted by Crippen LogP contribution is -2.23. The van der Waals surface area contributed by atoms with Crippen LogP contribution < -0.4 is 15.6 Å². The van der Waals surface area contributed by atoms with Gasteiger partial charge in [0.15, 0.2) is 17.3 Å². The summed E-state index contributed by atoms with van der Waals surface area (Å²) in [5.74, 6) is -1.42. The van der Waals surface area contributed by atoms with Crippen LogP contribution in [-0.4, -0.2) is 30.2 Å². The van der Waals surface area contributed by atoms with Gasteiger partial charge in [0, 0.05) is 56.7 Å². The van der Waals surface area contributed by atoms with E-state index in [1.54, 1.807) is 29.9 Å². The number of rotatable bonds is 8. The summed E-state index contributed by atoms with van der Waals surface area (Å²) in [5, 5.41) is 4.93. The number of aliphatic imine (C=N–C) groups is 1. The number of hydrogen-bond donors (Lipinski definition) is 0. The average molecular weight is 522 g/mol. The molecule has 0 amide bonds. The Morgan fingerprint density at radius 2 is 1.86 bits per heavy atom. The molecule has 2 aromatic carbocycles. The van der Waals surface area contributed by atoms with Crippen LogP contribution >= 0.6 is 0 Å². The molecule has 191 valence electrons. The molecule has 0 bridgehead atoms. The van der Waals surface area contributed by atoms with Crippen molar-refractivity contribution in [1.29, 1.82) is 0 Å². The summed E-state index contributed by atoms with van der Waals surface area (Å²) in [7, 11) is 0.435. The van der Waals surface area contributed by atoms with Gasteiger partial charge in [0.05, 0.1) is 5.69 Å². The first kappa shape index (κ1) is 24.9. The topological polar surface area (TPSA) is 71.8 Å². The second-order valence-corrected chi connectivity index (χ2v) is 15.8. The van der Waals surface area contributed by atoms with Crippen LogP contribution in [0.1, 0.15) is 0 Å². The molecule has 0 spiro atoms. The lowest BCUT2D eigenvalue weighted by Gasteiger charge is -2.17. The average Bonchev–Trinajstić information content (AvgIpc) is 3.48. The first-order valence-corrected chi connectivity index (χ1v) is 15.6. The number of halogens is 2. The van der Waals surface area contributed by atoms with Gasteiger partial charge >= 0.3 is 0 Å². The summed E-state index contributed by atoms with van der Waals surface area (Å²) in [6.07, 6.45) is 4.94. The Kier molecular flexibility index (Phi) is 6.46. The summed E-state index contributed by atoms with van der Waals surface area (Å²) in [5.41, 5.74) is 2.60. The molecule has 0 unspecified atom stereocenters. The fourth-order valence-corrected chi connectivity index (χ4v) is 4.96. The van der Waals surface area contributed by atoms with Gasteiger partial charge in [0.2, 0.25) is 0 Å². The fourth-order valence-electron chi connectivity index (χ4n) is 4.20. The number of aromatic nitrogens is 2. The molecule has 0 N–H and O–H groups in total. The van der Waals surface area contributed by atoms with E-state index in [1.807, 2.05) is 12.3 Å². The third-order valence-corrected chi connectivity index (χ3v) is 7.92. The van der Waals surface area contributed by atoms with E-state index < -0.39 is 19.7 Å². The molecule has 3 heterocycles. The SMILES string of the molecule is Cn1cc(-c2ccc3c(c2Oc2ccc(F)cc2F)N=C[N]3)c2ccn(COCC[Si](C)(C)C)c2c1=O. The van der Waals surface area contributed by atoms with Crippen LogP contribution in [0.2, 0.25) is 25.7 Å². The van der Waals surface area contributed by atoms with Crippen LogP contribution in [0, 0.1) is 11.6 Å².